The van der Waals surface area contributed by atoms with Gasteiger partial charge in [0.15, 0.2) is 6.39 Å². The molecule has 11 heavy (non-hydrogen) atoms. The molecule has 1 heterocycles. The Bertz CT molecular complexity index is 230. The summed E-state index contributed by atoms with van der Waals surface area (Å²) in [4.78, 5) is 13.9. The number of carboxylic acids is 1. The Balaban J connectivity index is 2.56. The Morgan fingerprint density at radius 1 is 1.91 bits per heavy atom. The fraction of sp³-hybridized carbons (Fsp3) is 0.429. The van der Waals surface area contributed by atoms with E-state index in [0.717, 1.165) is 0 Å². The third-order valence-corrected chi connectivity index (χ3v) is 1.42. The van der Waals surface area contributed by atoms with E-state index in [9.17, 15) is 4.79 Å². The van der Waals surface area contributed by atoms with Crippen molar-refractivity contribution in [1.82, 2.24) is 4.98 Å². The number of nitrogens with zero attached hydrogens (tertiary/aromatic N) is 1. The second-order valence-corrected chi connectivity index (χ2v) is 2.40. The predicted octanol–water partition coefficient (Wildman–Crippen LogP) is 1.25. The molecule has 60 valence electrons. The lowest BCUT2D eigenvalue weighted by Gasteiger charge is -2.01. The van der Waals surface area contributed by atoms with Crippen LogP contribution in [-0.2, 0) is 4.79 Å². The summed E-state index contributed by atoms with van der Waals surface area (Å²) in [6.07, 6.45) is 2.91. The standard InChI is InChI=1S/C7H9NO3/c1-5(2-7(9)10)6-3-8-4-11-6/h3-5H,2H2,1H3,(H,9,10). The molecule has 1 atom stereocenters. The highest BCUT2D eigenvalue weighted by Crippen LogP contribution is 2.17. The van der Waals surface area contributed by atoms with E-state index in [0.29, 0.717) is 5.76 Å². The van der Waals surface area contributed by atoms with Crippen LogP contribution in [0.25, 0.3) is 0 Å². The van der Waals surface area contributed by atoms with Gasteiger partial charge in [0.2, 0.25) is 0 Å². The van der Waals surface area contributed by atoms with Crippen LogP contribution in [0.15, 0.2) is 17.0 Å². The van der Waals surface area contributed by atoms with Crippen molar-refractivity contribution in [2.45, 2.75) is 19.3 Å². The van der Waals surface area contributed by atoms with Crippen LogP contribution in [0.3, 0.4) is 0 Å². The average molecular weight is 155 g/mol. The summed E-state index contributed by atoms with van der Waals surface area (Å²) in [5.41, 5.74) is 0. The maximum atomic E-state index is 10.2. The molecule has 0 spiro atoms. The highest BCUT2D eigenvalue weighted by atomic mass is 16.4. The van der Waals surface area contributed by atoms with Crippen LogP contribution >= 0.6 is 0 Å². The molecule has 1 unspecified atom stereocenters. The van der Waals surface area contributed by atoms with Crippen molar-refractivity contribution in [1.29, 1.82) is 0 Å². The van der Waals surface area contributed by atoms with Crippen LogP contribution in [0.2, 0.25) is 0 Å². The number of rotatable bonds is 3. The lowest BCUT2D eigenvalue weighted by molar-refractivity contribution is -0.137. The van der Waals surface area contributed by atoms with E-state index in [2.05, 4.69) is 4.98 Å². The molecule has 0 amide bonds. The zero-order valence-electron chi connectivity index (χ0n) is 6.15. The number of aromatic nitrogens is 1. The Labute approximate surface area is 63.9 Å². The van der Waals surface area contributed by atoms with Gasteiger partial charge < -0.3 is 9.52 Å². The molecular formula is C7H9NO3. The van der Waals surface area contributed by atoms with Gasteiger partial charge in [0.1, 0.15) is 5.76 Å². The third-order valence-electron chi connectivity index (χ3n) is 1.42. The number of hydrogen-bond acceptors (Lipinski definition) is 3. The van der Waals surface area contributed by atoms with Gasteiger partial charge in [-0.15, -0.1) is 0 Å². The van der Waals surface area contributed by atoms with Gasteiger partial charge >= 0.3 is 5.97 Å². The van der Waals surface area contributed by atoms with E-state index in [-0.39, 0.29) is 12.3 Å². The van der Waals surface area contributed by atoms with E-state index in [1.165, 1.54) is 12.6 Å². The number of oxazole rings is 1. The fourth-order valence-corrected chi connectivity index (χ4v) is 0.832. The van der Waals surface area contributed by atoms with E-state index in [4.69, 9.17) is 9.52 Å². The molecule has 0 aliphatic carbocycles. The van der Waals surface area contributed by atoms with E-state index < -0.39 is 5.97 Å². The first-order chi connectivity index (χ1) is 5.20. The number of hydrogen-bond donors (Lipinski definition) is 1. The molecule has 0 aromatic carbocycles. The molecule has 0 aliphatic heterocycles. The molecule has 4 heteroatoms. The van der Waals surface area contributed by atoms with Crippen molar-refractivity contribution >= 4 is 5.97 Å². The Morgan fingerprint density at radius 3 is 3.09 bits per heavy atom. The molecule has 0 aliphatic rings. The largest absolute Gasteiger partial charge is 0.481 e. The molecular weight excluding hydrogens is 146 g/mol. The fourth-order valence-electron chi connectivity index (χ4n) is 0.832. The van der Waals surface area contributed by atoms with Gasteiger partial charge in [-0.1, -0.05) is 6.92 Å². The third kappa shape index (κ3) is 2.07. The first kappa shape index (κ1) is 7.78. The summed E-state index contributed by atoms with van der Waals surface area (Å²) in [5.74, 6) is -0.309. The maximum absolute atomic E-state index is 10.2. The molecule has 0 saturated carbocycles. The highest BCUT2D eigenvalue weighted by Gasteiger charge is 2.12. The first-order valence-electron chi connectivity index (χ1n) is 3.30. The smallest absolute Gasteiger partial charge is 0.304 e. The molecule has 0 saturated heterocycles. The summed E-state index contributed by atoms with van der Waals surface area (Å²) in [6, 6.07) is 0. The maximum Gasteiger partial charge on any atom is 0.304 e. The van der Waals surface area contributed by atoms with Crippen LogP contribution in [-0.4, -0.2) is 16.1 Å². The Kier molecular flexibility index (Phi) is 2.25. The van der Waals surface area contributed by atoms with Crippen molar-refractivity contribution in [2.24, 2.45) is 0 Å². The highest BCUT2D eigenvalue weighted by molar-refractivity contribution is 5.67. The summed E-state index contributed by atoms with van der Waals surface area (Å²) in [6.45, 7) is 1.79. The summed E-state index contributed by atoms with van der Waals surface area (Å²) in [7, 11) is 0. The van der Waals surface area contributed by atoms with Crippen molar-refractivity contribution in [2.75, 3.05) is 0 Å². The second kappa shape index (κ2) is 3.18. The van der Waals surface area contributed by atoms with Crippen LogP contribution in [0.4, 0.5) is 0 Å². The first-order valence-corrected chi connectivity index (χ1v) is 3.30. The van der Waals surface area contributed by atoms with E-state index in [1.54, 1.807) is 6.92 Å². The van der Waals surface area contributed by atoms with Gasteiger partial charge in [0, 0.05) is 5.92 Å². The number of carboxylic acid groups (broad SMARTS) is 1. The van der Waals surface area contributed by atoms with Crippen LogP contribution in [0.1, 0.15) is 25.0 Å². The summed E-state index contributed by atoms with van der Waals surface area (Å²) >= 11 is 0. The zero-order chi connectivity index (χ0) is 8.27. The van der Waals surface area contributed by atoms with Crippen molar-refractivity contribution in [3.8, 4) is 0 Å². The van der Waals surface area contributed by atoms with Gasteiger partial charge in [-0.2, -0.15) is 0 Å². The van der Waals surface area contributed by atoms with E-state index >= 15 is 0 Å². The summed E-state index contributed by atoms with van der Waals surface area (Å²) in [5, 5.41) is 8.42. The van der Waals surface area contributed by atoms with Gasteiger partial charge in [0.05, 0.1) is 12.6 Å². The average Bonchev–Trinajstić information content (AvgIpc) is 2.35. The monoisotopic (exact) mass is 155 g/mol. The molecule has 1 aromatic heterocycles. The Hall–Kier alpha value is -1.32. The minimum Gasteiger partial charge on any atom is -0.481 e. The molecule has 1 rings (SSSR count). The topological polar surface area (TPSA) is 63.3 Å². The molecule has 1 N–H and O–H groups in total. The predicted molar refractivity (Wildman–Crippen MR) is 37.2 cm³/mol. The SMILES string of the molecule is CC(CC(=O)O)c1cnco1. The van der Waals surface area contributed by atoms with Gasteiger partial charge in [-0.3, -0.25) is 4.79 Å². The lowest BCUT2D eigenvalue weighted by Crippen LogP contribution is -2.01. The number of carbonyl (C=O) groups is 1. The summed E-state index contributed by atoms with van der Waals surface area (Å²) < 4.78 is 4.92. The number of aliphatic carboxylic acids is 1. The second-order valence-electron chi connectivity index (χ2n) is 2.40. The molecule has 4 nitrogen and oxygen atoms in total. The van der Waals surface area contributed by atoms with Crippen LogP contribution in [0.5, 0.6) is 0 Å². The van der Waals surface area contributed by atoms with Gasteiger partial charge in [0.25, 0.3) is 0 Å². The molecule has 1 aromatic rings. The van der Waals surface area contributed by atoms with Crippen LogP contribution < -0.4 is 0 Å². The van der Waals surface area contributed by atoms with E-state index in [1.807, 2.05) is 0 Å². The van der Waals surface area contributed by atoms with Crippen molar-refractivity contribution in [3.05, 3.63) is 18.4 Å². The minimum absolute atomic E-state index is 0.0786. The Morgan fingerprint density at radius 2 is 2.64 bits per heavy atom. The van der Waals surface area contributed by atoms with Crippen molar-refractivity contribution in [3.63, 3.8) is 0 Å². The van der Waals surface area contributed by atoms with Crippen molar-refractivity contribution < 1.29 is 14.3 Å². The normalized spacial score (nSPS) is 12.8. The lowest BCUT2D eigenvalue weighted by atomic mass is 10.1. The molecule has 0 fully saturated rings. The minimum atomic E-state index is -0.825. The molecule has 0 bridgehead atoms. The zero-order valence-corrected chi connectivity index (χ0v) is 6.15. The quantitative estimate of drug-likeness (QED) is 0.713. The van der Waals surface area contributed by atoms with Gasteiger partial charge in [-0.25, -0.2) is 4.98 Å². The van der Waals surface area contributed by atoms with Gasteiger partial charge in [-0.05, 0) is 0 Å². The molecule has 0 radical (unpaired) electrons. The van der Waals surface area contributed by atoms with Crippen LogP contribution in [0, 0.1) is 0 Å².